The fourth-order valence-corrected chi connectivity index (χ4v) is 2.02. The zero-order valence-electron chi connectivity index (χ0n) is 11.5. The van der Waals surface area contributed by atoms with E-state index < -0.39 is 0 Å². The van der Waals surface area contributed by atoms with Crippen LogP contribution in [0.5, 0.6) is 0 Å². The molecule has 2 aromatic carbocycles. The van der Waals surface area contributed by atoms with Gasteiger partial charge in [0, 0.05) is 5.56 Å². The number of hydrogen-bond donors (Lipinski definition) is 0. The van der Waals surface area contributed by atoms with Gasteiger partial charge in [-0.25, -0.2) is 0 Å². The Morgan fingerprint density at radius 1 is 1.00 bits per heavy atom. The van der Waals surface area contributed by atoms with Crippen LogP contribution in [0.25, 0.3) is 0 Å². The first kappa shape index (κ1) is 13.6. The summed E-state index contributed by atoms with van der Waals surface area (Å²) < 4.78 is 0. The molecule has 0 aliphatic carbocycles. The van der Waals surface area contributed by atoms with Gasteiger partial charge in [0.15, 0.2) is 5.78 Å². The third kappa shape index (κ3) is 3.82. The summed E-state index contributed by atoms with van der Waals surface area (Å²) in [4.78, 5) is 12.1. The minimum absolute atomic E-state index is 0.194. The average molecular weight is 249 g/mol. The van der Waals surface area contributed by atoms with Gasteiger partial charge < -0.3 is 0 Å². The van der Waals surface area contributed by atoms with Crippen molar-refractivity contribution in [3.8, 4) is 0 Å². The number of Topliss-reactive ketones (excluding diaryl/α,β-unsaturated/α-hetero) is 1. The average Bonchev–Trinajstić information content (AvgIpc) is 2.43. The molecule has 95 valence electrons. The van der Waals surface area contributed by atoms with Crippen molar-refractivity contribution >= 4 is 13.1 Å². The predicted octanol–water partition coefficient (Wildman–Crippen LogP) is 3.81. The van der Waals surface area contributed by atoms with Crippen molar-refractivity contribution in [2.75, 3.05) is 0 Å². The molecule has 0 saturated heterocycles. The second-order valence-corrected chi connectivity index (χ2v) is 4.90. The van der Waals surface area contributed by atoms with Crippen LogP contribution in [-0.4, -0.2) is 13.1 Å². The minimum Gasteiger partial charge on any atom is -0.295 e. The van der Waals surface area contributed by atoms with Crippen LogP contribution in [0.2, 0.25) is 6.32 Å². The molecule has 0 heterocycles. The van der Waals surface area contributed by atoms with Crippen LogP contribution in [-0.2, 0) is 6.32 Å². The third-order valence-electron chi connectivity index (χ3n) is 3.38. The molecular formula is C17H18BO. The van der Waals surface area contributed by atoms with E-state index >= 15 is 0 Å². The summed E-state index contributed by atoms with van der Waals surface area (Å²) in [6.07, 6.45) is 1.34. The largest absolute Gasteiger partial charge is 0.295 e. The van der Waals surface area contributed by atoms with E-state index in [1.54, 1.807) is 0 Å². The van der Waals surface area contributed by atoms with E-state index in [4.69, 9.17) is 0 Å². The number of hydrogen-bond acceptors (Lipinski definition) is 1. The zero-order chi connectivity index (χ0) is 13.7. The fraction of sp³-hybridized carbons (Fsp3) is 0.235. The van der Waals surface area contributed by atoms with Gasteiger partial charge in [-0.1, -0.05) is 54.3 Å². The highest BCUT2D eigenvalue weighted by atomic mass is 16.1. The minimum atomic E-state index is 0.194. The summed E-state index contributed by atoms with van der Waals surface area (Å²) in [6, 6.07) is 16.1. The Balaban J connectivity index is 1.89. The highest BCUT2D eigenvalue weighted by Gasteiger charge is 2.07. The lowest BCUT2D eigenvalue weighted by Crippen LogP contribution is -2.06. The highest BCUT2D eigenvalue weighted by Crippen LogP contribution is 2.12. The number of aryl methyl sites for hydroxylation is 2. The van der Waals surface area contributed by atoms with Gasteiger partial charge in [0.25, 0.3) is 0 Å². The molecule has 0 fully saturated rings. The van der Waals surface area contributed by atoms with E-state index in [-0.39, 0.29) is 5.78 Å². The molecule has 0 N–H and O–H groups in total. The smallest absolute Gasteiger partial charge is 0.155 e. The van der Waals surface area contributed by atoms with Crippen LogP contribution in [0.3, 0.4) is 0 Å². The summed E-state index contributed by atoms with van der Waals surface area (Å²) in [5, 5.41) is 0. The number of rotatable bonds is 5. The molecule has 0 spiro atoms. The quantitative estimate of drug-likeness (QED) is 0.581. The Kier molecular flexibility index (Phi) is 4.56. The monoisotopic (exact) mass is 249 g/mol. The summed E-state index contributed by atoms with van der Waals surface area (Å²) >= 11 is 0. The van der Waals surface area contributed by atoms with Gasteiger partial charge in [-0.2, -0.15) is 0 Å². The van der Waals surface area contributed by atoms with Crippen molar-refractivity contribution in [3.05, 3.63) is 70.8 Å². The number of ketones is 1. The Labute approximate surface area is 115 Å². The maximum absolute atomic E-state index is 12.1. The summed E-state index contributed by atoms with van der Waals surface area (Å²) in [7, 11) is 2.05. The molecule has 1 nitrogen and oxygen atoms in total. The first-order chi connectivity index (χ1) is 9.16. The van der Waals surface area contributed by atoms with Gasteiger partial charge in [-0.3, -0.25) is 4.79 Å². The van der Waals surface area contributed by atoms with Gasteiger partial charge >= 0.3 is 0 Å². The summed E-state index contributed by atoms with van der Waals surface area (Å²) in [5.41, 5.74) is 4.46. The van der Waals surface area contributed by atoms with Gasteiger partial charge in [-0.05, 0) is 37.4 Å². The lowest BCUT2D eigenvalue weighted by molar-refractivity contribution is 0.101. The van der Waals surface area contributed by atoms with Gasteiger partial charge in [-0.15, -0.1) is 0 Å². The third-order valence-corrected chi connectivity index (χ3v) is 3.38. The molecule has 0 aliphatic rings. The number of carbonyl (C=O) groups excluding carboxylic acids is 1. The second-order valence-electron chi connectivity index (χ2n) is 4.90. The lowest BCUT2D eigenvalue weighted by Gasteiger charge is -2.04. The van der Waals surface area contributed by atoms with E-state index in [0.29, 0.717) is 6.32 Å². The topological polar surface area (TPSA) is 17.1 Å². The molecule has 2 rings (SSSR count). The van der Waals surface area contributed by atoms with Crippen LogP contribution in [0.1, 0.15) is 27.0 Å². The van der Waals surface area contributed by atoms with Gasteiger partial charge in [0.1, 0.15) is 7.28 Å². The van der Waals surface area contributed by atoms with Crippen LogP contribution in [0.4, 0.5) is 0 Å². The normalized spacial score (nSPS) is 10.2. The lowest BCUT2D eigenvalue weighted by atomic mass is 9.67. The molecule has 0 aromatic heterocycles. The molecule has 0 saturated carbocycles. The number of carbonyl (C=O) groups is 1. The molecule has 0 atom stereocenters. The van der Waals surface area contributed by atoms with E-state index in [0.717, 1.165) is 11.9 Å². The predicted molar refractivity (Wildman–Crippen MR) is 81.0 cm³/mol. The van der Waals surface area contributed by atoms with Crippen molar-refractivity contribution in [2.24, 2.45) is 0 Å². The molecule has 1 radical (unpaired) electrons. The van der Waals surface area contributed by atoms with E-state index in [2.05, 4.69) is 19.1 Å². The Morgan fingerprint density at radius 2 is 1.74 bits per heavy atom. The van der Waals surface area contributed by atoms with Crippen molar-refractivity contribution in [1.29, 1.82) is 0 Å². The molecule has 0 aliphatic heterocycles. The zero-order valence-corrected chi connectivity index (χ0v) is 11.5. The highest BCUT2D eigenvalue weighted by molar-refractivity contribution is 6.42. The van der Waals surface area contributed by atoms with Crippen molar-refractivity contribution < 1.29 is 4.79 Å². The molecule has 0 bridgehead atoms. The maximum Gasteiger partial charge on any atom is 0.155 e. The summed E-state index contributed by atoms with van der Waals surface area (Å²) in [5.74, 6) is 0.194. The molecule has 2 heteroatoms. The fourth-order valence-electron chi connectivity index (χ4n) is 2.02. The van der Waals surface area contributed by atoms with Crippen molar-refractivity contribution in [2.45, 2.75) is 26.5 Å². The molecule has 0 amide bonds. The van der Waals surface area contributed by atoms with E-state index in [1.165, 1.54) is 16.7 Å². The standard InChI is InChI=1S/C17H18BO/c1-13-8-9-16(10-14(13)2)17(19)12-18-11-15-6-4-3-5-7-15/h3-10H,11-12H2,1-2H3. The van der Waals surface area contributed by atoms with E-state index in [1.807, 2.05) is 50.6 Å². The molecule has 19 heavy (non-hydrogen) atoms. The second kappa shape index (κ2) is 6.37. The van der Waals surface area contributed by atoms with Gasteiger partial charge in [0.05, 0.1) is 0 Å². The van der Waals surface area contributed by atoms with Crippen molar-refractivity contribution in [1.82, 2.24) is 0 Å². The van der Waals surface area contributed by atoms with E-state index in [9.17, 15) is 4.79 Å². The molecule has 0 unspecified atom stereocenters. The molecular weight excluding hydrogens is 231 g/mol. The van der Waals surface area contributed by atoms with Crippen LogP contribution in [0, 0.1) is 13.8 Å². The van der Waals surface area contributed by atoms with Crippen LogP contribution < -0.4 is 0 Å². The van der Waals surface area contributed by atoms with Crippen LogP contribution in [0.15, 0.2) is 48.5 Å². The molecule has 2 aromatic rings. The first-order valence-electron chi connectivity index (χ1n) is 6.63. The van der Waals surface area contributed by atoms with Crippen molar-refractivity contribution in [3.63, 3.8) is 0 Å². The van der Waals surface area contributed by atoms with Crippen LogP contribution >= 0.6 is 0 Å². The first-order valence-corrected chi connectivity index (χ1v) is 6.63. The number of benzene rings is 2. The van der Waals surface area contributed by atoms with Gasteiger partial charge in [0.2, 0.25) is 0 Å². The summed E-state index contributed by atoms with van der Waals surface area (Å²) in [6.45, 7) is 4.10. The maximum atomic E-state index is 12.1. The Hall–Kier alpha value is -1.83. The Morgan fingerprint density at radius 3 is 2.42 bits per heavy atom. The Bertz CT molecular complexity index is 561. The SMILES string of the molecule is Cc1ccc(C(=O)C[B]Cc2ccccc2)cc1C.